The molecule has 1 unspecified atom stereocenters. The first kappa shape index (κ1) is 32.7. The molecule has 1 atom stereocenters. The maximum Gasteiger partial charge on any atom is 0.416 e. The van der Waals surface area contributed by atoms with Crippen LogP contribution in [0.3, 0.4) is 0 Å². The van der Waals surface area contributed by atoms with Gasteiger partial charge in [0.15, 0.2) is 0 Å². The number of carbonyl (C=O) groups excluding carboxylic acids is 3. The van der Waals surface area contributed by atoms with Crippen LogP contribution < -0.4 is 16.0 Å². The predicted octanol–water partition coefficient (Wildman–Crippen LogP) is 8.54. The molecule has 0 saturated carbocycles. The Morgan fingerprint density at radius 2 is 1.55 bits per heavy atom. The molecule has 0 aliphatic rings. The monoisotopic (exact) mass is 657 g/mol. The number of hydrogen-bond acceptors (Lipinski definition) is 4. The van der Waals surface area contributed by atoms with Crippen LogP contribution in [0.2, 0.25) is 10.0 Å². The molecule has 0 spiro atoms. The topological polar surface area (TPSA) is 87.3 Å². The first-order valence-electron chi connectivity index (χ1n) is 13.0. The lowest BCUT2D eigenvalue weighted by Gasteiger charge is -2.15. The number of anilines is 2. The van der Waals surface area contributed by atoms with E-state index in [1.54, 1.807) is 85.8 Å². The first-order valence-corrected chi connectivity index (χ1v) is 14.6. The van der Waals surface area contributed by atoms with Crippen molar-refractivity contribution in [1.82, 2.24) is 5.32 Å². The van der Waals surface area contributed by atoms with E-state index in [-0.39, 0.29) is 16.4 Å². The third-order valence-electron chi connectivity index (χ3n) is 6.03. The van der Waals surface area contributed by atoms with Crippen molar-refractivity contribution in [3.05, 3.63) is 129 Å². The van der Waals surface area contributed by atoms with Gasteiger partial charge in [-0.25, -0.2) is 0 Å². The molecular weight excluding hydrogens is 634 g/mol. The summed E-state index contributed by atoms with van der Waals surface area (Å²) in [5.41, 5.74) is 0.295. The Bertz CT molecular complexity index is 1700. The smallest absolute Gasteiger partial charge is 0.324 e. The molecule has 0 aromatic heterocycles. The van der Waals surface area contributed by atoms with Gasteiger partial charge in [-0.05, 0) is 85.3 Å². The van der Waals surface area contributed by atoms with Crippen molar-refractivity contribution in [1.29, 1.82) is 0 Å². The number of nitrogens with one attached hydrogen (secondary N) is 3. The molecule has 4 aromatic carbocycles. The highest BCUT2D eigenvalue weighted by molar-refractivity contribution is 8.00. The van der Waals surface area contributed by atoms with Crippen LogP contribution in [0.1, 0.15) is 28.4 Å². The molecule has 0 fully saturated rings. The van der Waals surface area contributed by atoms with Crippen LogP contribution in [0.15, 0.2) is 108 Å². The summed E-state index contributed by atoms with van der Waals surface area (Å²) in [6.07, 6.45) is -3.08. The van der Waals surface area contributed by atoms with Gasteiger partial charge in [-0.1, -0.05) is 53.5 Å². The quantitative estimate of drug-likeness (QED) is 0.124. The van der Waals surface area contributed by atoms with E-state index < -0.39 is 34.7 Å². The van der Waals surface area contributed by atoms with Gasteiger partial charge >= 0.3 is 6.18 Å². The summed E-state index contributed by atoms with van der Waals surface area (Å²) in [5.74, 6) is -1.60. The van der Waals surface area contributed by atoms with Crippen molar-refractivity contribution >= 4 is 70.1 Å². The van der Waals surface area contributed by atoms with Crippen molar-refractivity contribution in [3.8, 4) is 0 Å². The summed E-state index contributed by atoms with van der Waals surface area (Å²) in [7, 11) is 0. The summed E-state index contributed by atoms with van der Waals surface area (Å²) in [4.78, 5) is 39.4. The highest BCUT2D eigenvalue weighted by Crippen LogP contribution is 2.34. The lowest BCUT2D eigenvalue weighted by Crippen LogP contribution is -2.30. The van der Waals surface area contributed by atoms with Crippen molar-refractivity contribution in [2.45, 2.75) is 23.2 Å². The molecule has 0 radical (unpaired) electrons. The Labute approximate surface area is 265 Å². The highest BCUT2D eigenvalue weighted by atomic mass is 35.5. The van der Waals surface area contributed by atoms with Crippen LogP contribution in [0, 0.1) is 0 Å². The van der Waals surface area contributed by atoms with Crippen LogP contribution >= 0.6 is 35.0 Å². The molecular formula is C32H24Cl2F3N3O3S. The molecule has 0 bridgehead atoms. The third kappa shape index (κ3) is 9.12. The lowest BCUT2D eigenvalue weighted by atomic mass is 10.1. The maximum absolute atomic E-state index is 13.2. The molecule has 0 aliphatic heterocycles. The first-order chi connectivity index (χ1) is 20.9. The lowest BCUT2D eigenvalue weighted by molar-refractivity contribution is -0.137. The Balaban J connectivity index is 1.43. The molecule has 6 nitrogen and oxygen atoms in total. The minimum Gasteiger partial charge on any atom is -0.324 e. The molecule has 12 heteroatoms. The van der Waals surface area contributed by atoms with E-state index in [1.807, 2.05) is 0 Å². The summed E-state index contributed by atoms with van der Waals surface area (Å²) in [6, 6.07) is 24.5. The largest absolute Gasteiger partial charge is 0.416 e. The summed E-state index contributed by atoms with van der Waals surface area (Å²) in [5, 5.41) is 7.59. The van der Waals surface area contributed by atoms with Crippen molar-refractivity contribution in [3.63, 3.8) is 0 Å². The van der Waals surface area contributed by atoms with Gasteiger partial charge in [0.1, 0.15) is 5.70 Å². The van der Waals surface area contributed by atoms with E-state index in [9.17, 15) is 27.6 Å². The third-order valence-corrected chi connectivity index (χ3v) is 7.71. The van der Waals surface area contributed by atoms with Gasteiger partial charge in [0.05, 0.1) is 21.5 Å². The van der Waals surface area contributed by atoms with Crippen LogP contribution in [0.25, 0.3) is 6.08 Å². The standard InChI is InChI=1S/C32H24Cl2F3N3O3S/c1-19(29(41)39-27-18-22(32(35,36)37)10-15-26(27)34)44-25-13-11-24(12-14-25)38-31(43)28(17-20-6-5-9-23(33)16-20)40-30(42)21-7-3-2-4-8-21/h2-19H,1H3,(H,38,43)(H,39,41)(H,40,42)/b28-17-. The summed E-state index contributed by atoms with van der Waals surface area (Å²) < 4.78 is 39.2. The molecule has 0 aliphatic carbocycles. The van der Waals surface area contributed by atoms with Gasteiger partial charge in [-0.3, -0.25) is 14.4 Å². The van der Waals surface area contributed by atoms with E-state index in [2.05, 4.69) is 16.0 Å². The van der Waals surface area contributed by atoms with Gasteiger partial charge in [0, 0.05) is 21.2 Å². The second kappa shape index (κ2) is 14.5. The zero-order chi connectivity index (χ0) is 31.9. The molecule has 44 heavy (non-hydrogen) atoms. The van der Waals surface area contributed by atoms with E-state index in [1.165, 1.54) is 6.08 Å². The van der Waals surface area contributed by atoms with Crippen molar-refractivity contribution in [2.24, 2.45) is 0 Å². The number of thioether (sulfide) groups is 1. The summed E-state index contributed by atoms with van der Waals surface area (Å²) >= 11 is 13.2. The number of hydrogen-bond donors (Lipinski definition) is 3. The minimum absolute atomic E-state index is 0.0156. The van der Waals surface area contributed by atoms with E-state index in [4.69, 9.17) is 23.2 Å². The second-order valence-electron chi connectivity index (χ2n) is 9.35. The fraction of sp³-hybridized carbons (Fsp3) is 0.0938. The number of benzene rings is 4. The summed E-state index contributed by atoms with van der Waals surface area (Å²) in [6.45, 7) is 1.60. The molecule has 226 valence electrons. The number of alkyl halides is 3. The van der Waals surface area contributed by atoms with E-state index in [0.29, 0.717) is 26.7 Å². The predicted molar refractivity (Wildman–Crippen MR) is 169 cm³/mol. The zero-order valence-corrected chi connectivity index (χ0v) is 25.2. The number of carbonyl (C=O) groups is 3. The Hall–Kier alpha value is -4.25. The fourth-order valence-electron chi connectivity index (χ4n) is 3.81. The van der Waals surface area contributed by atoms with Gasteiger partial charge in [-0.2, -0.15) is 13.2 Å². The average Bonchev–Trinajstić information content (AvgIpc) is 2.98. The Morgan fingerprint density at radius 3 is 2.20 bits per heavy atom. The number of amides is 3. The fourth-order valence-corrected chi connectivity index (χ4v) is 5.04. The highest BCUT2D eigenvalue weighted by Gasteiger charge is 2.31. The van der Waals surface area contributed by atoms with Crippen LogP contribution in [-0.2, 0) is 15.8 Å². The minimum atomic E-state index is -4.58. The Kier molecular flexibility index (Phi) is 10.7. The number of halogens is 5. The molecule has 3 amide bonds. The molecule has 3 N–H and O–H groups in total. The van der Waals surface area contributed by atoms with Crippen molar-refractivity contribution in [2.75, 3.05) is 10.6 Å². The van der Waals surface area contributed by atoms with Crippen LogP contribution in [0.5, 0.6) is 0 Å². The van der Waals surface area contributed by atoms with Crippen LogP contribution in [-0.4, -0.2) is 23.0 Å². The normalized spacial score (nSPS) is 12.3. The van der Waals surface area contributed by atoms with E-state index >= 15 is 0 Å². The van der Waals surface area contributed by atoms with Gasteiger partial charge in [0.2, 0.25) is 5.91 Å². The zero-order valence-electron chi connectivity index (χ0n) is 22.9. The van der Waals surface area contributed by atoms with Crippen molar-refractivity contribution < 1.29 is 27.6 Å². The van der Waals surface area contributed by atoms with E-state index in [0.717, 1.165) is 30.0 Å². The second-order valence-corrected chi connectivity index (χ2v) is 11.6. The Morgan fingerprint density at radius 1 is 0.841 bits per heavy atom. The molecule has 4 rings (SSSR count). The number of rotatable bonds is 9. The maximum atomic E-state index is 13.2. The molecule has 4 aromatic rings. The van der Waals surface area contributed by atoms with Gasteiger partial charge < -0.3 is 16.0 Å². The van der Waals surface area contributed by atoms with Crippen LogP contribution in [0.4, 0.5) is 24.5 Å². The molecule has 0 heterocycles. The van der Waals surface area contributed by atoms with Gasteiger partial charge in [0.25, 0.3) is 11.8 Å². The van der Waals surface area contributed by atoms with Gasteiger partial charge in [-0.15, -0.1) is 11.8 Å². The molecule has 0 saturated heterocycles. The SMILES string of the molecule is CC(Sc1ccc(NC(=O)/C(=C/c2cccc(Cl)c2)NC(=O)c2ccccc2)cc1)C(=O)Nc1cc(C(F)(F)F)ccc1Cl. The average molecular weight is 659 g/mol.